The summed E-state index contributed by atoms with van der Waals surface area (Å²) in [6.45, 7) is 0. The SMILES string of the molecule is Clc1nc(Cl)c2n[c][nH]c2n1. The minimum atomic E-state index is 0.0974. The van der Waals surface area contributed by atoms with Gasteiger partial charge >= 0.3 is 0 Å². The third-order valence-electron chi connectivity index (χ3n) is 1.16. The van der Waals surface area contributed by atoms with Crippen molar-refractivity contribution in [2.75, 3.05) is 0 Å². The molecule has 1 N–H and O–H groups in total. The van der Waals surface area contributed by atoms with Gasteiger partial charge in [-0.2, -0.15) is 4.98 Å². The topological polar surface area (TPSA) is 54.5 Å². The maximum Gasteiger partial charge on any atom is 0.225 e. The lowest BCUT2D eigenvalue weighted by molar-refractivity contribution is 1.20. The zero-order valence-electron chi connectivity index (χ0n) is 5.10. The van der Waals surface area contributed by atoms with Crippen LogP contribution < -0.4 is 0 Å². The first kappa shape index (κ1) is 6.82. The average molecular weight is 188 g/mol. The molecule has 0 saturated heterocycles. The van der Waals surface area contributed by atoms with Gasteiger partial charge in [0.1, 0.15) is 5.52 Å². The third kappa shape index (κ3) is 1.04. The molecule has 0 saturated carbocycles. The number of halogens is 2. The van der Waals surface area contributed by atoms with E-state index in [2.05, 4.69) is 26.3 Å². The fourth-order valence-corrected chi connectivity index (χ4v) is 1.15. The Morgan fingerprint density at radius 3 is 2.91 bits per heavy atom. The van der Waals surface area contributed by atoms with E-state index in [-0.39, 0.29) is 10.4 Å². The first-order valence-corrected chi connectivity index (χ1v) is 3.48. The number of H-pyrrole nitrogens is 1. The van der Waals surface area contributed by atoms with Crippen LogP contribution in [-0.2, 0) is 0 Å². The molecule has 6 heteroatoms. The van der Waals surface area contributed by atoms with E-state index in [1.165, 1.54) is 0 Å². The predicted molar refractivity (Wildman–Crippen MR) is 40.5 cm³/mol. The minimum Gasteiger partial charge on any atom is -0.320 e. The summed E-state index contributed by atoms with van der Waals surface area (Å²) in [4.78, 5) is 13.9. The number of hydrogen-bond donors (Lipinski definition) is 1. The highest BCUT2D eigenvalue weighted by atomic mass is 35.5. The predicted octanol–water partition coefficient (Wildman–Crippen LogP) is 1.46. The van der Waals surface area contributed by atoms with Crippen molar-refractivity contribution in [1.29, 1.82) is 0 Å². The van der Waals surface area contributed by atoms with Gasteiger partial charge in [0.25, 0.3) is 0 Å². The summed E-state index contributed by atoms with van der Waals surface area (Å²) in [7, 11) is 0. The molecule has 0 amide bonds. The Balaban J connectivity index is 2.91. The molecule has 1 radical (unpaired) electrons. The molecule has 0 unspecified atom stereocenters. The number of aromatic amines is 1. The molecule has 2 aromatic rings. The summed E-state index contributed by atoms with van der Waals surface area (Å²) in [6, 6.07) is 0. The van der Waals surface area contributed by atoms with Gasteiger partial charge in [0.2, 0.25) is 5.28 Å². The van der Waals surface area contributed by atoms with Crippen LogP contribution >= 0.6 is 23.2 Å². The molecule has 0 fully saturated rings. The monoisotopic (exact) mass is 187 g/mol. The van der Waals surface area contributed by atoms with Gasteiger partial charge in [0.05, 0.1) is 0 Å². The van der Waals surface area contributed by atoms with Crippen LogP contribution in [0.25, 0.3) is 11.2 Å². The number of rotatable bonds is 0. The lowest BCUT2D eigenvalue weighted by Crippen LogP contribution is -1.84. The Hall–Kier alpha value is -0.870. The summed E-state index contributed by atoms with van der Waals surface area (Å²) >= 11 is 11.2. The van der Waals surface area contributed by atoms with Crippen molar-refractivity contribution in [3.63, 3.8) is 0 Å². The number of nitrogens with one attached hydrogen (secondary N) is 1. The smallest absolute Gasteiger partial charge is 0.225 e. The van der Waals surface area contributed by atoms with E-state index in [4.69, 9.17) is 23.2 Å². The molecule has 2 aromatic heterocycles. The number of hydrogen-bond acceptors (Lipinski definition) is 3. The Morgan fingerprint density at radius 1 is 1.27 bits per heavy atom. The molecule has 0 aliphatic heterocycles. The highest BCUT2D eigenvalue weighted by Crippen LogP contribution is 2.17. The fourth-order valence-electron chi connectivity index (χ4n) is 0.725. The van der Waals surface area contributed by atoms with Gasteiger partial charge in [-0.05, 0) is 11.6 Å². The molecule has 0 aliphatic carbocycles. The first-order valence-electron chi connectivity index (χ1n) is 2.72. The van der Waals surface area contributed by atoms with Crippen molar-refractivity contribution in [3.8, 4) is 0 Å². The van der Waals surface area contributed by atoms with Crippen LogP contribution in [0, 0.1) is 6.33 Å². The second kappa shape index (κ2) is 2.32. The van der Waals surface area contributed by atoms with Gasteiger partial charge in [-0.15, -0.1) is 0 Å². The van der Waals surface area contributed by atoms with Gasteiger partial charge in [0, 0.05) is 0 Å². The normalized spacial score (nSPS) is 10.7. The average Bonchev–Trinajstić information content (AvgIpc) is 2.34. The minimum absolute atomic E-state index is 0.0974. The summed E-state index contributed by atoms with van der Waals surface area (Å²) in [5.74, 6) is 0. The molecule has 0 bridgehead atoms. The lowest BCUT2D eigenvalue weighted by Gasteiger charge is -1.90. The fraction of sp³-hybridized carbons (Fsp3) is 0. The van der Waals surface area contributed by atoms with E-state index in [1.54, 1.807) is 0 Å². The highest BCUT2D eigenvalue weighted by Gasteiger charge is 2.05. The standard InChI is InChI=1S/C5HCl2N4/c6-3-2-4(9-1-8-2)11-5(7)10-3/h(H,8,9,10,11). The zero-order chi connectivity index (χ0) is 7.84. The van der Waals surface area contributed by atoms with Crippen molar-refractivity contribution >= 4 is 34.4 Å². The maximum absolute atomic E-state index is 5.67. The molecule has 11 heavy (non-hydrogen) atoms. The van der Waals surface area contributed by atoms with Gasteiger partial charge in [-0.25, -0.2) is 9.97 Å². The second-order valence-electron chi connectivity index (χ2n) is 1.83. The van der Waals surface area contributed by atoms with Crippen LogP contribution in [0.1, 0.15) is 0 Å². The van der Waals surface area contributed by atoms with Crippen LogP contribution in [0.2, 0.25) is 10.4 Å². The Morgan fingerprint density at radius 2 is 2.09 bits per heavy atom. The number of fused-ring (bicyclic) bond motifs is 1. The highest BCUT2D eigenvalue weighted by molar-refractivity contribution is 6.35. The van der Waals surface area contributed by atoms with E-state index in [0.717, 1.165) is 0 Å². The molecule has 0 atom stereocenters. The van der Waals surface area contributed by atoms with E-state index in [1.807, 2.05) is 0 Å². The number of nitrogens with zero attached hydrogens (tertiary/aromatic N) is 3. The molecule has 2 heterocycles. The van der Waals surface area contributed by atoms with E-state index < -0.39 is 0 Å². The van der Waals surface area contributed by atoms with E-state index in [0.29, 0.717) is 11.2 Å². The molecule has 4 nitrogen and oxygen atoms in total. The third-order valence-corrected chi connectivity index (χ3v) is 1.59. The molecule has 55 valence electrons. The molecule has 2 rings (SSSR count). The van der Waals surface area contributed by atoms with Crippen molar-refractivity contribution < 1.29 is 0 Å². The van der Waals surface area contributed by atoms with Crippen molar-refractivity contribution in [2.24, 2.45) is 0 Å². The maximum atomic E-state index is 5.67. The summed E-state index contributed by atoms with van der Waals surface area (Å²) in [5.41, 5.74) is 0.978. The van der Waals surface area contributed by atoms with Crippen LogP contribution in [0.3, 0.4) is 0 Å². The van der Waals surface area contributed by atoms with Gasteiger partial charge in [-0.1, -0.05) is 11.6 Å². The summed E-state index contributed by atoms with van der Waals surface area (Å²) in [5, 5.41) is 0.331. The van der Waals surface area contributed by atoms with E-state index >= 15 is 0 Å². The number of aromatic nitrogens is 4. The molecule has 0 spiro atoms. The largest absolute Gasteiger partial charge is 0.320 e. The molecule has 0 aliphatic rings. The van der Waals surface area contributed by atoms with Gasteiger partial charge in [-0.3, -0.25) is 0 Å². The van der Waals surface area contributed by atoms with Gasteiger partial charge < -0.3 is 4.98 Å². The summed E-state index contributed by atoms with van der Waals surface area (Å²) in [6.07, 6.45) is 2.49. The van der Waals surface area contributed by atoms with Crippen molar-refractivity contribution in [3.05, 3.63) is 16.8 Å². The van der Waals surface area contributed by atoms with Crippen LogP contribution in [0.5, 0.6) is 0 Å². The van der Waals surface area contributed by atoms with Crippen molar-refractivity contribution in [1.82, 2.24) is 19.9 Å². The van der Waals surface area contributed by atoms with Gasteiger partial charge in [0.15, 0.2) is 17.1 Å². The molecular weight excluding hydrogens is 187 g/mol. The second-order valence-corrected chi connectivity index (χ2v) is 2.53. The zero-order valence-corrected chi connectivity index (χ0v) is 6.61. The van der Waals surface area contributed by atoms with Crippen molar-refractivity contribution in [2.45, 2.75) is 0 Å². The Bertz CT molecular complexity index is 396. The summed E-state index contributed by atoms with van der Waals surface area (Å²) < 4.78 is 0. The van der Waals surface area contributed by atoms with E-state index in [9.17, 15) is 0 Å². The first-order chi connectivity index (χ1) is 5.27. The number of imidazole rings is 1. The molecular formula is C5HCl2N4. The Kier molecular flexibility index (Phi) is 1.44. The Labute approximate surface area is 71.6 Å². The van der Waals surface area contributed by atoms with Crippen LogP contribution in [-0.4, -0.2) is 19.9 Å². The molecule has 0 aromatic carbocycles. The lowest BCUT2D eigenvalue weighted by atomic mass is 10.6. The van der Waals surface area contributed by atoms with Crippen LogP contribution in [0.4, 0.5) is 0 Å². The van der Waals surface area contributed by atoms with Crippen LogP contribution in [0.15, 0.2) is 0 Å². The quantitative estimate of drug-likeness (QED) is 0.502.